The van der Waals surface area contributed by atoms with Crippen LogP contribution in [0.15, 0.2) is 24.3 Å². The van der Waals surface area contributed by atoms with Crippen molar-refractivity contribution in [2.45, 2.75) is 37.2 Å². The van der Waals surface area contributed by atoms with E-state index in [9.17, 15) is 23.8 Å². The molecule has 3 N–H and O–H groups in total. The quantitative estimate of drug-likeness (QED) is 0.776. The number of alkyl halides is 2. The van der Waals surface area contributed by atoms with Gasteiger partial charge >= 0.3 is 5.97 Å². The lowest BCUT2D eigenvalue weighted by molar-refractivity contribution is -0.167. The van der Waals surface area contributed by atoms with E-state index in [1.807, 2.05) is 0 Å². The van der Waals surface area contributed by atoms with Gasteiger partial charge in [-0.1, -0.05) is 24.3 Å². The lowest BCUT2D eigenvalue weighted by atomic mass is 9.76. The zero-order valence-corrected chi connectivity index (χ0v) is 12.8. The van der Waals surface area contributed by atoms with Crippen LogP contribution in [-0.4, -0.2) is 35.2 Å². The van der Waals surface area contributed by atoms with E-state index in [1.54, 1.807) is 24.3 Å². The summed E-state index contributed by atoms with van der Waals surface area (Å²) in [6.45, 7) is 1.70. The van der Waals surface area contributed by atoms with Crippen LogP contribution in [0.25, 0.3) is 0 Å². The molecule has 6 heteroatoms. The molecule has 1 aromatic rings. The van der Waals surface area contributed by atoms with Crippen LogP contribution in [0.1, 0.15) is 30.4 Å². The van der Waals surface area contributed by atoms with Gasteiger partial charge in [-0.3, -0.25) is 0 Å². The van der Waals surface area contributed by atoms with Crippen LogP contribution < -0.4 is 5.32 Å². The Labute approximate surface area is 133 Å². The van der Waals surface area contributed by atoms with E-state index in [4.69, 9.17) is 0 Å². The van der Waals surface area contributed by atoms with Crippen molar-refractivity contribution in [2.24, 2.45) is 11.8 Å². The van der Waals surface area contributed by atoms with Crippen molar-refractivity contribution < 1.29 is 23.8 Å². The molecule has 0 bridgehead atoms. The third-order valence-electron chi connectivity index (χ3n) is 5.12. The molecule has 1 aliphatic heterocycles. The second-order valence-electron chi connectivity index (χ2n) is 6.75. The maximum Gasteiger partial charge on any atom is 0.340 e. The molecule has 0 radical (unpaired) electrons. The molecule has 0 amide bonds. The van der Waals surface area contributed by atoms with Gasteiger partial charge in [0.25, 0.3) is 0 Å². The standard InChI is InChI=1S/C17H21F2NO3/c18-16(19)6-5-13(8-16)17(23,15(21)22)14-4-2-1-3-12(14)7-11-9-20-10-11/h1-4,11,13,20,23H,5-10H2,(H,21,22)/t13-,17-/m1/s1. The average molecular weight is 325 g/mol. The maximum absolute atomic E-state index is 13.6. The smallest absolute Gasteiger partial charge is 0.340 e. The Bertz CT molecular complexity index is 603. The minimum absolute atomic E-state index is 0.00905. The van der Waals surface area contributed by atoms with Gasteiger partial charge in [-0.2, -0.15) is 0 Å². The van der Waals surface area contributed by atoms with E-state index >= 15 is 0 Å². The minimum Gasteiger partial charge on any atom is -0.479 e. The number of aliphatic hydroxyl groups is 1. The predicted molar refractivity (Wildman–Crippen MR) is 80.3 cm³/mol. The van der Waals surface area contributed by atoms with Crippen LogP contribution in [0.3, 0.4) is 0 Å². The highest BCUT2D eigenvalue weighted by atomic mass is 19.3. The topological polar surface area (TPSA) is 69.6 Å². The number of hydrogen-bond acceptors (Lipinski definition) is 3. The summed E-state index contributed by atoms with van der Waals surface area (Å²) in [6, 6.07) is 6.79. The van der Waals surface area contributed by atoms with Crippen LogP contribution in [0.4, 0.5) is 8.78 Å². The van der Waals surface area contributed by atoms with Crippen molar-refractivity contribution in [1.82, 2.24) is 5.32 Å². The molecule has 3 rings (SSSR count). The molecule has 2 atom stereocenters. The van der Waals surface area contributed by atoms with Crippen molar-refractivity contribution in [2.75, 3.05) is 13.1 Å². The number of benzene rings is 1. The fourth-order valence-electron chi connectivity index (χ4n) is 3.69. The van der Waals surface area contributed by atoms with Crippen molar-refractivity contribution in [3.63, 3.8) is 0 Å². The second kappa shape index (κ2) is 5.83. The number of halogens is 2. The van der Waals surface area contributed by atoms with E-state index in [-0.39, 0.29) is 18.4 Å². The van der Waals surface area contributed by atoms with Gasteiger partial charge in [0.15, 0.2) is 5.60 Å². The van der Waals surface area contributed by atoms with Crippen molar-refractivity contribution in [3.8, 4) is 0 Å². The first-order valence-corrected chi connectivity index (χ1v) is 7.95. The molecule has 1 saturated heterocycles. The number of aliphatic carboxylic acids is 1. The fraction of sp³-hybridized carbons (Fsp3) is 0.588. The lowest BCUT2D eigenvalue weighted by Gasteiger charge is -2.34. The van der Waals surface area contributed by atoms with Gasteiger partial charge in [0.05, 0.1) is 0 Å². The molecule has 1 heterocycles. The third-order valence-corrected chi connectivity index (χ3v) is 5.12. The molecule has 2 fully saturated rings. The van der Waals surface area contributed by atoms with E-state index in [0.29, 0.717) is 12.3 Å². The van der Waals surface area contributed by atoms with Crippen molar-refractivity contribution >= 4 is 5.97 Å². The Morgan fingerprint density at radius 2 is 2.04 bits per heavy atom. The monoisotopic (exact) mass is 325 g/mol. The summed E-state index contributed by atoms with van der Waals surface area (Å²) in [5.41, 5.74) is -1.26. The van der Waals surface area contributed by atoms with Gasteiger partial charge in [-0.15, -0.1) is 0 Å². The summed E-state index contributed by atoms with van der Waals surface area (Å²) in [5, 5.41) is 23.7. The Kier molecular flexibility index (Phi) is 4.14. The molecule has 1 aromatic carbocycles. The highest BCUT2D eigenvalue weighted by Crippen LogP contribution is 2.48. The number of rotatable bonds is 5. The van der Waals surface area contributed by atoms with E-state index in [2.05, 4.69) is 5.32 Å². The van der Waals surface area contributed by atoms with Gasteiger partial charge < -0.3 is 15.5 Å². The number of nitrogens with one attached hydrogen (secondary N) is 1. The normalized spacial score (nSPS) is 26.5. The van der Waals surface area contributed by atoms with Gasteiger partial charge in [0, 0.05) is 18.8 Å². The van der Waals surface area contributed by atoms with Crippen molar-refractivity contribution in [3.05, 3.63) is 35.4 Å². The Balaban J connectivity index is 1.96. The first kappa shape index (κ1) is 16.3. The highest BCUT2D eigenvalue weighted by molar-refractivity contribution is 5.80. The highest BCUT2D eigenvalue weighted by Gasteiger charge is 2.54. The Morgan fingerprint density at radius 1 is 1.35 bits per heavy atom. The van der Waals surface area contributed by atoms with Gasteiger partial charge in [0.2, 0.25) is 5.92 Å². The molecule has 1 saturated carbocycles. The van der Waals surface area contributed by atoms with Crippen LogP contribution in [-0.2, 0) is 16.8 Å². The molecule has 126 valence electrons. The second-order valence-corrected chi connectivity index (χ2v) is 6.75. The zero-order valence-electron chi connectivity index (χ0n) is 12.8. The SMILES string of the molecule is O=C(O)[C@](O)(c1ccccc1CC1CNC1)[C@@H]1CCC(F)(F)C1. The maximum atomic E-state index is 13.6. The van der Waals surface area contributed by atoms with E-state index in [1.165, 1.54) is 0 Å². The van der Waals surface area contributed by atoms with Crippen LogP contribution in [0, 0.1) is 11.8 Å². The number of carboxylic acids is 1. The molecular weight excluding hydrogens is 304 g/mol. The molecule has 0 unspecified atom stereocenters. The van der Waals surface area contributed by atoms with Gasteiger partial charge in [-0.05, 0) is 43.0 Å². The first-order valence-electron chi connectivity index (χ1n) is 7.95. The zero-order chi connectivity index (χ0) is 16.7. The summed E-state index contributed by atoms with van der Waals surface area (Å²) in [7, 11) is 0. The number of carbonyl (C=O) groups is 1. The summed E-state index contributed by atoms with van der Waals surface area (Å²) in [6.07, 6.45) is -0.311. The minimum atomic E-state index is -2.90. The van der Waals surface area contributed by atoms with Crippen LogP contribution >= 0.6 is 0 Å². The van der Waals surface area contributed by atoms with Crippen molar-refractivity contribution in [1.29, 1.82) is 0 Å². The first-order chi connectivity index (χ1) is 10.8. The Morgan fingerprint density at radius 3 is 2.57 bits per heavy atom. The average Bonchev–Trinajstić information content (AvgIpc) is 2.83. The van der Waals surface area contributed by atoms with Crippen LogP contribution in [0.2, 0.25) is 0 Å². The molecule has 23 heavy (non-hydrogen) atoms. The molecule has 1 aliphatic carbocycles. The summed E-state index contributed by atoms with van der Waals surface area (Å²) in [4.78, 5) is 11.8. The largest absolute Gasteiger partial charge is 0.479 e. The molecular formula is C17H21F2NO3. The van der Waals surface area contributed by atoms with Gasteiger partial charge in [0.1, 0.15) is 0 Å². The Hall–Kier alpha value is -1.53. The fourth-order valence-corrected chi connectivity index (χ4v) is 3.69. The third kappa shape index (κ3) is 2.97. The summed E-state index contributed by atoms with van der Waals surface area (Å²) >= 11 is 0. The van der Waals surface area contributed by atoms with Gasteiger partial charge in [-0.25, -0.2) is 13.6 Å². The number of hydrogen-bond donors (Lipinski definition) is 3. The van der Waals surface area contributed by atoms with E-state index < -0.39 is 29.8 Å². The number of carboxylic acid groups (broad SMARTS) is 1. The predicted octanol–water partition coefficient (Wildman–Crippen LogP) is 2.16. The molecule has 0 aromatic heterocycles. The lowest BCUT2D eigenvalue weighted by Crippen LogP contribution is -2.45. The molecule has 0 spiro atoms. The van der Waals surface area contributed by atoms with E-state index in [0.717, 1.165) is 18.7 Å². The molecule has 2 aliphatic rings. The van der Waals surface area contributed by atoms with Crippen LogP contribution in [0.5, 0.6) is 0 Å². The summed E-state index contributed by atoms with van der Waals surface area (Å²) < 4.78 is 27.1. The molecule has 4 nitrogen and oxygen atoms in total. The summed E-state index contributed by atoms with van der Waals surface area (Å²) in [5.74, 6) is -4.93.